The van der Waals surface area contributed by atoms with Crippen molar-refractivity contribution in [1.29, 1.82) is 0 Å². The van der Waals surface area contributed by atoms with Crippen molar-refractivity contribution in [3.05, 3.63) is 0 Å². The zero-order valence-electron chi connectivity index (χ0n) is 15.2. The van der Waals surface area contributed by atoms with Gasteiger partial charge in [-0.2, -0.15) is 0 Å². The standard InChI is InChI=1S/C20H38OSi/c1-3-16-21-17-13-11-9-7-5-4-6-8-10-12-14-18-22(2)19-15-20-22/h3-13,15-17,19-20H2,1-2H3. The Morgan fingerprint density at radius 1 is 0.818 bits per heavy atom. The molecule has 1 aliphatic heterocycles. The number of hydrogen-bond donors (Lipinski definition) is 0. The van der Waals surface area contributed by atoms with Crippen molar-refractivity contribution in [2.45, 2.75) is 103 Å². The fourth-order valence-corrected chi connectivity index (χ4v) is 5.23. The lowest BCUT2D eigenvalue weighted by molar-refractivity contribution is 0.130. The molecule has 0 aromatic rings. The van der Waals surface area contributed by atoms with E-state index in [0.717, 1.165) is 26.1 Å². The van der Waals surface area contributed by atoms with E-state index in [1.54, 1.807) is 0 Å². The van der Waals surface area contributed by atoms with Crippen molar-refractivity contribution >= 4 is 8.07 Å². The average Bonchev–Trinajstić information content (AvgIpc) is 2.49. The SMILES string of the molecule is CCCOCCCCCCCCCCCC#C[Si]1(C)CCC1. The van der Waals surface area contributed by atoms with E-state index in [0.29, 0.717) is 0 Å². The monoisotopic (exact) mass is 322 g/mol. The second-order valence-corrected chi connectivity index (χ2v) is 11.6. The van der Waals surface area contributed by atoms with E-state index in [9.17, 15) is 0 Å². The molecule has 1 heterocycles. The number of unbranched alkanes of at least 4 members (excludes halogenated alkanes) is 9. The normalized spacial score (nSPS) is 15.9. The predicted octanol–water partition coefficient (Wildman–Crippen LogP) is 6.34. The van der Waals surface area contributed by atoms with Crippen LogP contribution in [0.1, 0.15) is 84.0 Å². The van der Waals surface area contributed by atoms with E-state index in [-0.39, 0.29) is 0 Å². The quantitative estimate of drug-likeness (QED) is 0.218. The first kappa shape index (κ1) is 19.8. The summed E-state index contributed by atoms with van der Waals surface area (Å²) < 4.78 is 5.50. The van der Waals surface area contributed by atoms with Gasteiger partial charge in [-0.15, -0.1) is 11.5 Å². The van der Waals surface area contributed by atoms with Crippen molar-refractivity contribution in [3.63, 3.8) is 0 Å². The molecule has 1 saturated heterocycles. The highest BCUT2D eigenvalue weighted by Gasteiger charge is 2.32. The van der Waals surface area contributed by atoms with Gasteiger partial charge < -0.3 is 4.74 Å². The zero-order chi connectivity index (χ0) is 15.9. The molecule has 0 amide bonds. The van der Waals surface area contributed by atoms with Crippen LogP contribution in [-0.2, 0) is 4.74 Å². The number of rotatable bonds is 13. The number of hydrogen-bond acceptors (Lipinski definition) is 1. The molecule has 0 atom stereocenters. The number of ether oxygens (including phenoxy) is 1. The van der Waals surface area contributed by atoms with E-state index in [1.165, 1.54) is 76.3 Å². The van der Waals surface area contributed by atoms with Gasteiger partial charge >= 0.3 is 0 Å². The Hall–Kier alpha value is -0.263. The topological polar surface area (TPSA) is 9.23 Å². The average molecular weight is 323 g/mol. The highest BCUT2D eigenvalue weighted by Crippen LogP contribution is 2.31. The van der Waals surface area contributed by atoms with Crippen molar-refractivity contribution < 1.29 is 4.74 Å². The maximum absolute atomic E-state index is 5.50. The molecule has 2 heteroatoms. The van der Waals surface area contributed by atoms with Crippen molar-refractivity contribution in [3.8, 4) is 11.5 Å². The molecule has 0 aromatic carbocycles. The highest BCUT2D eigenvalue weighted by molar-refractivity contribution is 6.88. The van der Waals surface area contributed by atoms with E-state index < -0.39 is 8.07 Å². The summed E-state index contributed by atoms with van der Waals surface area (Å²) in [7, 11) is -0.972. The summed E-state index contributed by atoms with van der Waals surface area (Å²) in [6, 6.07) is 2.93. The van der Waals surface area contributed by atoms with Crippen molar-refractivity contribution in [1.82, 2.24) is 0 Å². The first-order valence-corrected chi connectivity index (χ1v) is 12.8. The Morgan fingerprint density at radius 3 is 1.95 bits per heavy atom. The van der Waals surface area contributed by atoms with Gasteiger partial charge in [-0.05, 0) is 31.4 Å². The van der Waals surface area contributed by atoms with Gasteiger partial charge in [-0.1, -0.05) is 64.8 Å². The first-order valence-electron chi connectivity index (χ1n) is 9.85. The molecule has 0 bridgehead atoms. The molecule has 22 heavy (non-hydrogen) atoms. The van der Waals surface area contributed by atoms with E-state index in [1.807, 2.05) is 0 Å². The summed E-state index contributed by atoms with van der Waals surface area (Å²) in [4.78, 5) is 0. The molecule has 0 radical (unpaired) electrons. The maximum Gasteiger partial charge on any atom is 0.135 e. The Bertz CT molecular complexity index is 311. The lowest BCUT2D eigenvalue weighted by Gasteiger charge is -2.30. The molecule has 0 aliphatic carbocycles. The van der Waals surface area contributed by atoms with Crippen LogP contribution >= 0.6 is 0 Å². The molecule has 1 rings (SSSR count). The lowest BCUT2D eigenvalue weighted by atomic mass is 10.1. The molecule has 0 aromatic heterocycles. The summed E-state index contributed by atoms with van der Waals surface area (Å²) >= 11 is 0. The van der Waals surface area contributed by atoms with Gasteiger partial charge in [0, 0.05) is 19.6 Å². The largest absolute Gasteiger partial charge is 0.381 e. The van der Waals surface area contributed by atoms with Crippen LogP contribution in [0.25, 0.3) is 0 Å². The van der Waals surface area contributed by atoms with Crippen LogP contribution in [0, 0.1) is 11.5 Å². The van der Waals surface area contributed by atoms with E-state index in [2.05, 4.69) is 24.9 Å². The van der Waals surface area contributed by atoms with Crippen molar-refractivity contribution in [2.75, 3.05) is 13.2 Å². The zero-order valence-corrected chi connectivity index (χ0v) is 16.2. The summed E-state index contributed by atoms with van der Waals surface area (Å²) in [5.74, 6) is 3.47. The molecule has 1 nitrogen and oxygen atoms in total. The van der Waals surface area contributed by atoms with Crippen LogP contribution in [0.5, 0.6) is 0 Å². The molecule has 1 aliphatic rings. The Balaban J connectivity index is 1.73. The van der Waals surface area contributed by atoms with Crippen LogP contribution in [0.4, 0.5) is 0 Å². The smallest absolute Gasteiger partial charge is 0.135 e. The van der Waals surface area contributed by atoms with Crippen LogP contribution in [-0.4, -0.2) is 21.3 Å². The highest BCUT2D eigenvalue weighted by atomic mass is 28.3. The van der Waals surface area contributed by atoms with Gasteiger partial charge in [0.15, 0.2) is 0 Å². The van der Waals surface area contributed by atoms with E-state index in [4.69, 9.17) is 4.74 Å². The van der Waals surface area contributed by atoms with Crippen LogP contribution in [0.3, 0.4) is 0 Å². The van der Waals surface area contributed by atoms with Gasteiger partial charge in [0.25, 0.3) is 0 Å². The summed E-state index contributed by atoms with van der Waals surface area (Å²) in [6.45, 7) is 6.53. The summed E-state index contributed by atoms with van der Waals surface area (Å²) in [5, 5.41) is 0. The minimum Gasteiger partial charge on any atom is -0.381 e. The summed E-state index contributed by atoms with van der Waals surface area (Å²) in [5.41, 5.74) is 3.62. The Labute approximate surface area is 140 Å². The second kappa shape index (κ2) is 13.2. The minimum atomic E-state index is -0.972. The Morgan fingerprint density at radius 2 is 1.41 bits per heavy atom. The molecule has 1 fully saturated rings. The first-order chi connectivity index (χ1) is 10.8. The van der Waals surface area contributed by atoms with E-state index >= 15 is 0 Å². The molecule has 0 saturated carbocycles. The van der Waals surface area contributed by atoms with Crippen LogP contribution in [0.2, 0.25) is 18.6 Å². The van der Waals surface area contributed by atoms with Gasteiger partial charge in [-0.25, -0.2) is 0 Å². The molecular weight excluding hydrogens is 284 g/mol. The Kier molecular flexibility index (Phi) is 11.9. The van der Waals surface area contributed by atoms with Crippen LogP contribution in [0.15, 0.2) is 0 Å². The fourth-order valence-electron chi connectivity index (χ4n) is 3.01. The van der Waals surface area contributed by atoms with Gasteiger partial charge in [0.05, 0.1) is 0 Å². The molecule has 0 unspecified atom stereocenters. The molecule has 0 spiro atoms. The van der Waals surface area contributed by atoms with Crippen LogP contribution < -0.4 is 0 Å². The molecule has 0 N–H and O–H groups in total. The maximum atomic E-state index is 5.50. The molecular formula is C20H38OSi. The third-order valence-electron chi connectivity index (χ3n) is 4.79. The third-order valence-corrected chi connectivity index (χ3v) is 8.48. The lowest BCUT2D eigenvalue weighted by Crippen LogP contribution is -2.36. The minimum absolute atomic E-state index is 0.936. The fraction of sp³-hybridized carbons (Fsp3) is 0.900. The predicted molar refractivity (Wildman–Crippen MR) is 101 cm³/mol. The van der Waals surface area contributed by atoms with Gasteiger partial charge in [-0.3, -0.25) is 0 Å². The van der Waals surface area contributed by atoms with Gasteiger partial charge in [0.2, 0.25) is 0 Å². The second-order valence-electron chi connectivity index (χ2n) is 7.26. The third kappa shape index (κ3) is 10.5. The summed E-state index contributed by atoms with van der Waals surface area (Å²) in [6.07, 6.45) is 16.1. The molecule has 128 valence electrons. The van der Waals surface area contributed by atoms with Gasteiger partial charge in [0.1, 0.15) is 8.07 Å². The van der Waals surface area contributed by atoms with Crippen molar-refractivity contribution in [2.24, 2.45) is 0 Å².